The third-order valence-electron chi connectivity index (χ3n) is 2.02. The molecule has 0 fully saturated rings. The SMILES string of the molecule is N[C@H](CCF)c1ccc(F)c([N+](=O)[O-])c1. The van der Waals surface area contributed by atoms with Gasteiger partial charge in [-0.25, -0.2) is 0 Å². The number of alkyl halides is 1. The van der Waals surface area contributed by atoms with Gasteiger partial charge in [0.25, 0.3) is 0 Å². The number of hydrogen-bond acceptors (Lipinski definition) is 3. The summed E-state index contributed by atoms with van der Waals surface area (Å²) < 4.78 is 24.9. The van der Waals surface area contributed by atoms with E-state index < -0.39 is 29.1 Å². The molecule has 0 spiro atoms. The highest BCUT2D eigenvalue weighted by atomic mass is 19.1. The first-order valence-electron chi connectivity index (χ1n) is 4.31. The number of hydrogen-bond donors (Lipinski definition) is 1. The van der Waals surface area contributed by atoms with Crippen LogP contribution >= 0.6 is 0 Å². The van der Waals surface area contributed by atoms with Crippen molar-refractivity contribution in [3.63, 3.8) is 0 Å². The average molecular weight is 216 g/mol. The van der Waals surface area contributed by atoms with Crippen LogP contribution in [0.4, 0.5) is 14.5 Å². The minimum atomic E-state index is -0.920. The number of rotatable bonds is 4. The molecular formula is C9H10F2N2O2. The van der Waals surface area contributed by atoms with E-state index in [0.29, 0.717) is 5.56 Å². The summed E-state index contributed by atoms with van der Waals surface area (Å²) in [6.45, 7) is -0.619. The molecule has 0 aliphatic heterocycles. The van der Waals surface area contributed by atoms with Gasteiger partial charge in [-0.05, 0) is 18.1 Å². The lowest BCUT2D eigenvalue weighted by Crippen LogP contribution is -2.11. The van der Waals surface area contributed by atoms with E-state index in [1.54, 1.807) is 0 Å². The van der Waals surface area contributed by atoms with Crippen molar-refractivity contribution in [1.82, 2.24) is 0 Å². The van der Waals surface area contributed by atoms with Crippen molar-refractivity contribution in [3.05, 3.63) is 39.7 Å². The van der Waals surface area contributed by atoms with Gasteiger partial charge in [0.05, 0.1) is 11.6 Å². The summed E-state index contributed by atoms with van der Waals surface area (Å²) >= 11 is 0. The Morgan fingerprint density at radius 2 is 2.20 bits per heavy atom. The zero-order chi connectivity index (χ0) is 11.4. The summed E-state index contributed by atoms with van der Waals surface area (Å²) in [5, 5.41) is 10.4. The van der Waals surface area contributed by atoms with Gasteiger partial charge < -0.3 is 5.73 Å². The predicted octanol–water partition coefficient (Wildman–Crippen LogP) is 2.09. The standard InChI is InChI=1S/C9H10F2N2O2/c10-4-3-8(12)6-1-2-7(11)9(5-6)13(14)15/h1-2,5,8H,3-4,12H2/t8-/m1/s1. The van der Waals surface area contributed by atoms with Gasteiger partial charge in [-0.15, -0.1) is 0 Å². The molecule has 0 unspecified atom stereocenters. The van der Waals surface area contributed by atoms with Gasteiger partial charge >= 0.3 is 5.69 Å². The number of halogens is 2. The van der Waals surface area contributed by atoms with E-state index in [-0.39, 0.29) is 6.42 Å². The highest BCUT2D eigenvalue weighted by Crippen LogP contribution is 2.23. The van der Waals surface area contributed by atoms with Crippen molar-refractivity contribution in [2.75, 3.05) is 6.67 Å². The smallest absolute Gasteiger partial charge is 0.305 e. The molecule has 0 aromatic heterocycles. The molecule has 0 heterocycles. The second-order valence-electron chi connectivity index (χ2n) is 3.05. The molecular weight excluding hydrogens is 206 g/mol. The fraction of sp³-hybridized carbons (Fsp3) is 0.333. The average Bonchev–Trinajstić information content (AvgIpc) is 2.18. The van der Waals surface area contributed by atoms with E-state index in [9.17, 15) is 18.9 Å². The molecule has 6 heteroatoms. The van der Waals surface area contributed by atoms with E-state index in [0.717, 1.165) is 12.1 Å². The monoisotopic (exact) mass is 216 g/mol. The second-order valence-corrected chi connectivity index (χ2v) is 3.05. The molecule has 0 radical (unpaired) electrons. The maximum absolute atomic E-state index is 12.9. The van der Waals surface area contributed by atoms with Gasteiger partial charge in [0.2, 0.25) is 5.82 Å². The molecule has 1 atom stereocenters. The zero-order valence-electron chi connectivity index (χ0n) is 7.82. The molecule has 1 rings (SSSR count). The van der Waals surface area contributed by atoms with Gasteiger partial charge in [-0.1, -0.05) is 6.07 Å². The number of benzene rings is 1. The Kier molecular flexibility index (Phi) is 3.68. The molecule has 1 aromatic carbocycles. The lowest BCUT2D eigenvalue weighted by molar-refractivity contribution is -0.387. The normalized spacial score (nSPS) is 12.5. The summed E-state index contributed by atoms with van der Waals surface area (Å²) in [4.78, 5) is 9.57. The van der Waals surface area contributed by atoms with Gasteiger partial charge in [-0.3, -0.25) is 14.5 Å². The molecule has 0 amide bonds. The van der Waals surface area contributed by atoms with Crippen LogP contribution < -0.4 is 5.73 Å². The van der Waals surface area contributed by atoms with Gasteiger partial charge in [0.1, 0.15) is 0 Å². The zero-order valence-corrected chi connectivity index (χ0v) is 7.82. The summed E-state index contributed by atoms with van der Waals surface area (Å²) in [6, 6.07) is 2.68. The maximum Gasteiger partial charge on any atom is 0.305 e. The van der Waals surface area contributed by atoms with Crippen LogP contribution in [0.1, 0.15) is 18.0 Å². The molecule has 4 nitrogen and oxygen atoms in total. The fourth-order valence-electron chi connectivity index (χ4n) is 1.18. The first kappa shape index (κ1) is 11.5. The summed E-state index contributed by atoms with van der Waals surface area (Å²) in [5.41, 5.74) is 5.26. The first-order valence-corrected chi connectivity index (χ1v) is 4.31. The second kappa shape index (κ2) is 4.79. The Labute approximate surface area is 84.9 Å². The number of nitrogens with zero attached hydrogens (tertiary/aromatic N) is 1. The summed E-state index contributed by atoms with van der Waals surface area (Å²) in [5.74, 6) is -0.920. The Morgan fingerprint density at radius 3 is 2.73 bits per heavy atom. The van der Waals surface area contributed by atoms with Crippen molar-refractivity contribution in [1.29, 1.82) is 0 Å². The van der Waals surface area contributed by atoms with Crippen LogP contribution in [0.3, 0.4) is 0 Å². The number of nitrogens with two attached hydrogens (primary N) is 1. The van der Waals surface area contributed by atoms with Crippen LogP contribution in [0.2, 0.25) is 0 Å². The molecule has 0 aliphatic rings. The van der Waals surface area contributed by atoms with Crippen molar-refractivity contribution >= 4 is 5.69 Å². The number of nitro benzene ring substituents is 1. The first-order chi connectivity index (χ1) is 7.06. The van der Waals surface area contributed by atoms with Gasteiger partial charge in [-0.2, -0.15) is 4.39 Å². The van der Waals surface area contributed by atoms with Crippen molar-refractivity contribution in [2.45, 2.75) is 12.5 Å². The highest BCUT2D eigenvalue weighted by Gasteiger charge is 2.16. The molecule has 0 saturated carbocycles. The van der Waals surface area contributed by atoms with E-state index in [1.165, 1.54) is 6.07 Å². The van der Waals surface area contributed by atoms with Gasteiger partial charge in [0.15, 0.2) is 0 Å². The Bertz CT molecular complexity index is 371. The highest BCUT2D eigenvalue weighted by molar-refractivity contribution is 5.37. The number of nitro groups is 1. The minimum Gasteiger partial charge on any atom is -0.324 e. The van der Waals surface area contributed by atoms with Crippen LogP contribution in [-0.4, -0.2) is 11.6 Å². The van der Waals surface area contributed by atoms with Crippen molar-refractivity contribution < 1.29 is 13.7 Å². The lowest BCUT2D eigenvalue weighted by atomic mass is 10.0. The fourth-order valence-corrected chi connectivity index (χ4v) is 1.18. The molecule has 15 heavy (non-hydrogen) atoms. The third-order valence-corrected chi connectivity index (χ3v) is 2.02. The van der Waals surface area contributed by atoms with Crippen LogP contribution in [0, 0.1) is 15.9 Å². The summed E-state index contributed by atoms with van der Waals surface area (Å²) in [7, 11) is 0. The van der Waals surface area contributed by atoms with Crippen molar-refractivity contribution in [3.8, 4) is 0 Å². The van der Waals surface area contributed by atoms with Crippen molar-refractivity contribution in [2.24, 2.45) is 5.73 Å². The van der Waals surface area contributed by atoms with E-state index >= 15 is 0 Å². The van der Waals surface area contributed by atoms with Crippen LogP contribution in [0.5, 0.6) is 0 Å². The van der Waals surface area contributed by atoms with E-state index in [2.05, 4.69) is 0 Å². The third kappa shape index (κ3) is 2.69. The van der Waals surface area contributed by atoms with Crippen LogP contribution in [-0.2, 0) is 0 Å². The Morgan fingerprint density at radius 1 is 1.53 bits per heavy atom. The Balaban J connectivity index is 3.02. The lowest BCUT2D eigenvalue weighted by Gasteiger charge is -2.09. The molecule has 82 valence electrons. The summed E-state index contributed by atoms with van der Waals surface area (Å²) in [6.07, 6.45) is 0.0583. The minimum absolute atomic E-state index is 0.0583. The van der Waals surface area contributed by atoms with Gasteiger partial charge in [0, 0.05) is 12.1 Å². The Hall–Kier alpha value is -1.56. The maximum atomic E-state index is 12.9. The topological polar surface area (TPSA) is 69.2 Å². The molecule has 1 aromatic rings. The van der Waals surface area contributed by atoms with Crippen LogP contribution in [0.25, 0.3) is 0 Å². The van der Waals surface area contributed by atoms with E-state index in [4.69, 9.17) is 5.73 Å². The molecule has 2 N–H and O–H groups in total. The molecule has 0 bridgehead atoms. The quantitative estimate of drug-likeness (QED) is 0.618. The van der Waals surface area contributed by atoms with E-state index in [1.807, 2.05) is 0 Å². The predicted molar refractivity (Wildman–Crippen MR) is 50.6 cm³/mol. The molecule has 0 saturated heterocycles. The largest absolute Gasteiger partial charge is 0.324 e. The van der Waals surface area contributed by atoms with Crippen LogP contribution in [0.15, 0.2) is 18.2 Å². The molecule has 0 aliphatic carbocycles.